The second-order valence-electron chi connectivity index (χ2n) is 5.64. The minimum atomic E-state index is 0.561. The molecule has 0 unspecified atom stereocenters. The van der Waals surface area contributed by atoms with Crippen LogP contribution in [-0.2, 0) is 11.3 Å². The Hall–Kier alpha value is -1.62. The van der Waals surface area contributed by atoms with Crippen molar-refractivity contribution in [2.24, 2.45) is 5.92 Å². The molecule has 0 amide bonds. The maximum absolute atomic E-state index is 5.96. The van der Waals surface area contributed by atoms with Gasteiger partial charge in [-0.3, -0.25) is 0 Å². The molecule has 0 saturated carbocycles. The third-order valence-corrected chi connectivity index (χ3v) is 3.56. The lowest BCUT2D eigenvalue weighted by atomic mass is 10.2. The Balaban J connectivity index is 2.10. The molecule has 0 aliphatic rings. The summed E-state index contributed by atoms with van der Waals surface area (Å²) in [5.41, 5.74) is 9.26. The van der Waals surface area contributed by atoms with Gasteiger partial charge in [-0.25, -0.2) is 9.97 Å². The molecule has 20 heavy (non-hydrogen) atoms. The molecule has 5 heteroatoms. The fourth-order valence-electron chi connectivity index (χ4n) is 2.41. The number of aryl methyl sites for hydroxylation is 2. The summed E-state index contributed by atoms with van der Waals surface area (Å²) >= 11 is 0. The Labute approximate surface area is 120 Å². The van der Waals surface area contributed by atoms with E-state index in [2.05, 4.69) is 42.2 Å². The maximum Gasteiger partial charge on any atom is 0.145 e. The van der Waals surface area contributed by atoms with E-state index >= 15 is 0 Å². The van der Waals surface area contributed by atoms with Crippen molar-refractivity contribution < 1.29 is 4.74 Å². The SMILES string of the molecule is Cc1c(C)n(CCCOCC(C)C)c2ncnc(N)c12. The molecule has 0 saturated heterocycles. The molecule has 110 valence electrons. The quantitative estimate of drug-likeness (QED) is 0.824. The largest absolute Gasteiger partial charge is 0.383 e. The zero-order chi connectivity index (χ0) is 14.7. The zero-order valence-corrected chi connectivity index (χ0v) is 12.8. The first-order valence-corrected chi connectivity index (χ1v) is 7.16. The van der Waals surface area contributed by atoms with Gasteiger partial charge in [0, 0.05) is 25.5 Å². The molecule has 2 rings (SSSR count). The van der Waals surface area contributed by atoms with Crippen molar-refractivity contribution in [2.45, 2.75) is 40.7 Å². The van der Waals surface area contributed by atoms with E-state index in [1.165, 1.54) is 17.6 Å². The lowest BCUT2D eigenvalue weighted by Gasteiger charge is -2.09. The van der Waals surface area contributed by atoms with Crippen LogP contribution in [-0.4, -0.2) is 27.7 Å². The van der Waals surface area contributed by atoms with Crippen molar-refractivity contribution in [2.75, 3.05) is 18.9 Å². The van der Waals surface area contributed by atoms with E-state index in [1.807, 2.05) is 0 Å². The number of fused-ring (bicyclic) bond motifs is 1. The topological polar surface area (TPSA) is 66.0 Å². The molecule has 0 radical (unpaired) electrons. The molecule has 0 atom stereocenters. The molecular weight excluding hydrogens is 252 g/mol. The van der Waals surface area contributed by atoms with Crippen LogP contribution in [0.2, 0.25) is 0 Å². The number of hydrogen-bond donors (Lipinski definition) is 1. The van der Waals surface area contributed by atoms with E-state index < -0.39 is 0 Å². The fraction of sp³-hybridized carbons (Fsp3) is 0.600. The fourth-order valence-corrected chi connectivity index (χ4v) is 2.41. The first-order valence-electron chi connectivity index (χ1n) is 7.16. The van der Waals surface area contributed by atoms with E-state index in [0.717, 1.165) is 37.2 Å². The van der Waals surface area contributed by atoms with Gasteiger partial charge in [-0.15, -0.1) is 0 Å². The first-order chi connectivity index (χ1) is 9.52. The molecule has 0 spiro atoms. The molecule has 2 aromatic rings. The van der Waals surface area contributed by atoms with Crippen LogP contribution in [0.3, 0.4) is 0 Å². The minimum Gasteiger partial charge on any atom is -0.383 e. The highest BCUT2D eigenvalue weighted by Crippen LogP contribution is 2.26. The monoisotopic (exact) mass is 276 g/mol. The Morgan fingerprint density at radius 3 is 2.75 bits per heavy atom. The van der Waals surface area contributed by atoms with E-state index in [1.54, 1.807) is 0 Å². The zero-order valence-electron chi connectivity index (χ0n) is 12.8. The van der Waals surface area contributed by atoms with Crippen molar-refractivity contribution in [1.82, 2.24) is 14.5 Å². The van der Waals surface area contributed by atoms with Crippen LogP contribution in [0.15, 0.2) is 6.33 Å². The summed E-state index contributed by atoms with van der Waals surface area (Å²) in [5, 5.41) is 0.980. The van der Waals surface area contributed by atoms with Crippen LogP contribution in [0.1, 0.15) is 31.5 Å². The van der Waals surface area contributed by atoms with Gasteiger partial charge in [0.05, 0.1) is 5.39 Å². The predicted octanol–water partition coefficient (Wildman–Crippen LogP) is 2.69. The van der Waals surface area contributed by atoms with Gasteiger partial charge in [-0.2, -0.15) is 0 Å². The number of nitrogen functional groups attached to an aromatic ring is 1. The average Bonchev–Trinajstić information content (AvgIpc) is 2.64. The molecule has 2 N–H and O–H groups in total. The molecule has 0 aliphatic carbocycles. The van der Waals surface area contributed by atoms with Crippen molar-refractivity contribution in [3.63, 3.8) is 0 Å². The summed E-state index contributed by atoms with van der Waals surface area (Å²) in [6.07, 6.45) is 2.50. The van der Waals surface area contributed by atoms with Crippen LogP contribution >= 0.6 is 0 Å². The number of nitrogens with zero attached hydrogens (tertiary/aromatic N) is 3. The molecule has 0 aliphatic heterocycles. The van der Waals surface area contributed by atoms with Crippen LogP contribution in [0, 0.1) is 19.8 Å². The summed E-state index contributed by atoms with van der Waals surface area (Å²) in [5.74, 6) is 1.14. The van der Waals surface area contributed by atoms with Gasteiger partial charge in [0.2, 0.25) is 0 Å². The Bertz CT molecular complexity index is 589. The Kier molecular flexibility index (Phi) is 4.60. The summed E-state index contributed by atoms with van der Waals surface area (Å²) in [7, 11) is 0. The minimum absolute atomic E-state index is 0.561. The van der Waals surface area contributed by atoms with Gasteiger partial charge in [0.25, 0.3) is 0 Å². The number of ether oxygens (including phenoxy) is 1. The second kappa shape index (κ2) is 6.22. The third kappa shape index (κ3) is 2.93. The number of anilines is 1. The van der Waals surface area contributed by atoms with Crippen LogP contribution in [0.5, 0.6) is 0 Å². The van der Waals surface area contributed by atoms with Gasteiger partial charge in [-0.1, -0.05) is 13.8 Å². The van der Waals surface area contributed by atoms with E-state index in [9.17, 15) is 0 Å². The van der Waals surface area contributed by atoms with Gasteiger partial charge >= 0.3 is 0 Å². The maximum atomic E-state index is 5.96. The Morgan fingerprint density at radius 1 is 1.30 bits per heavy atom. The summed E-state index contributed by atoms with van der Waals surface area (Å²) in [4.78, 5) is 8.46. The molecule has 5 nitrogen and oxygen atoms in total. The van der Waals surface area contributed by atoms with Crippen LogP contribution < -0.4 is 5.73 Å². The highest BCUT2D eigenvalue weighted by atomic mass is 16.5. The Morgan fingerprint density at radius 2 is 2.05 bits per heavy atom. The van der Waals surface area contributed by atoms with Crippen molar-refractivity contribution >= 4 is 16.9 Å². The van der Waals surface area contributed by atoms with Gasteiger partial charge in [0.1, 0.15) is 17.8 Å². The van der Waals surface area contributed by atoms with Gasteiger partial charge in [-0.05, 0) is 31.7 Å². The average molecular weight is 276 g/mol. The first kappa shape index (κ1) is 14.8. The summed E-state index contributed by atoms with van der Waals surface area (Å²) in [6, 6.07) is 0. The lowest BCUT2D eigenvalue weighted by Crippen LogP contribution is -2.08. The molecule has 2 heterocycles. The molecule has 0 aromatic carbocycles. The highest BCUT2D eigenvalue weighted by Gasteiger charge is 2.14. The number of aromatic nitrogens is 3. The van der Waals surface area contributed by atoms with Crippen molar-refractivity contribution in [3.8, 4) is 0 Å². The van der Waals surface area contributed by atoms with Crippen molar-refractivity contribution in [3.05, 3.63) is 17.6 Å². The molecule has 0 fully saturated rings. The van der Waals surface area contributed by atoms with Gasteiger partial charge < -0.3 is 15.0 Å². The number of hydrogen-bond acceptors (Lipinski definition) is 4. The highest BCUT2D eigenvalue weighted by molar-refractivity contribution is 5.90. The second-order valence-corrected chi connectivity index (χ2v) is 5.64. The van der Waals surface area contributed by atoms with Crippen molar-refractivity contribution in [1.29, 1.82) is 0 Å². The number of rotatable bonds is 6. The molecule has 0 bridgehead atoms. The standard InChI is InChI=1S/C15H24N4O/c1-10(2)8-20-7-5-6-19-12(4)11(3)13-14(16)17-9-18-15(13)19/h9-10H,5-8H2,1-4H3,(H2,16,17,18). The van der Waals surface area contributed by atoms with Crippen LogP contribution in [0.4, 0.5) is 5.82 Å². The normalized spacial score (nSPS) is 11.7. The third-order valence-electron chi connectivity index (χ3n) is 3.56. The molecule has 2 aromatic heterocycles. The summed E-state index contributed by atoms with van der Waals surface area (Å²) in [6.45, 7) is 11.0. The molecular formula is C15H24N4O. The predicted molar refractivity (Wildman–Crippen MR) is 81.7 cm³/mol. The van der Waals surface area contributed by atoms with E-state index in [-0.39, 0.29) is 0 Å². The summed E-state index contributed by atoms with van der Waals surface area (Å²) < 4.78 is 7.84. The van der Waals surface area contributed by atoms with Crippen LogP contribution in [0.25, 0.3) is 11.0 Å². The lowest BCUT2D eigenvalue weighted by molar-refractivity contribution is 0.105. The van der Waals surface area contributed by atoms with E-state index in [0.29, 0.717) is 11.7 Å². The smallest absolute Gasteiger partial charge is 0.145 e. The van der Waals surface area contributed by atoms with Gasteiger partial charge in [0.15, 0.2) is 0 Å². The number of nitrogens with two attached hydrogens (primary N) is 1. The van der Waals surface area contributed by atoms with E-state index in [4.69, 9.17) is 10.5 Å².